The number of nitro groups is 1. The second-order valence-corrected chi connectivity index (χ2v) is 4.26. The molecule has 7 heteroatoms. The monoisotopic (exact) mass is 272 g/mol. The highest BCUT2D eigenvalue weighted by Gasteiger charge is 2.16. The maximum atomic E-state index is 11.0. The molecule has 7 nitrogen and oxygen atoms in total. The summed E-state index contributed by atoms with van der Waals surface area (Å²) >= 11 is 0. The summed E-state index contributed by atoms with van der Waals surface area (Å²) in [5, 5.41) is 26.6. The standard InChI is InChI=1S/C13H12N4O3/c1-8-11(9(2)20-16-8)7-15-12-4-3-10(6-14)5-13(12)17(18)19/h3-5,15H,7H2,1-2H3. The van der Waals surface area contributed by atoms with Crippen molar-refractivity contribution in [2.45, 2.75) is 20.4 Å². The van der Waals surface area contributed by atoms with Gasteiger partial charge in [0.05, 0.1) is 22.2 Å². The first-order valence-corrected chi connectivity index (χ1v) is 5.87. The average molecular weight is 272 g/mol. The first-order chi connectivity index (χ1) is 9.52. The van der Waals surface area contributed by atoms with Gasteiger partial charge in [0, 0.05) is 18.2 Å². The Kier molecular flexibility index (Phi) is 3.66. The van der Waals surface area contributed by atoms with Crippen LogP contribution in [-0.2, 0) is 6.54 Å². The first-order valence-electron chi connectivity index (χ1n) is 5.87. The SMILES string of the molecule is Cc1noc(C)c1CNc1ccc(C#N)cc1[N+](=O)[O-]. The highest BCUT2D eigenvalue weighted by Crippen LogP contribution is 2.26. The molecular weight excluding hydrogens is 260 g/mol. The lowest BCUT2D eigenvalue weighted by Crippen LogP contribution is -2.04. The Hall–Kier alpha value is -2.88. The van der Waals surface area contributed by atoms with Crippen LogP contribution in [0.2, 0.25) is 0 Å². The van der Waals surface area contributed by atoms with E-state index in [4.69, 9.17) is 9.78 Å². The van der Waals surface area contributed by atoms with Crippen molar-refractivity contribution in [3.63, 3.8) is 0 Å². The largest absolute Gasteiger partial charge is 0.375 e. The molecule has 20 heavy (non-hydrogen) atoms. The summed E-state index contributed by atoms with van der Waals surface area (Å²) in [5.41, 5.74) is 2.08. The third-order valence-corrected chi connectivity index (χ3v) is 2.96. The lowest BCUT2D eigenvalue weighted by molar-refractivity contribution is -0.384. The summed E-state index contributed by atoms with van der Waals surface area (Å²) < 4.78 is 5.03. The Bertz CT molecular complexity index is 681. The van der Waals surface area contributed by atoms with Gasteiger partial charge in [0.2, 0.25) is 0 Å². The van der Waals surface area contributed by atoms with Crippen LogP contribution in [0.15, 0.2) is 22.7 Å². The van der Waals surface area contributed by atoms with Gasteiger partial charge in [0.1, 0.15) is 11.4 Å². The number of anilines is 1. The van der Waals surface area contributed by atoms with E-state index in [1.165, 1.54) is 18.2 Å². The topological polar surface area (TPSA) is 105 Å². The number of rotatable bonds is 4. The number of nitrogens with one attached hydrogen (secondary N) is 1. The van der Waals surface area contributed by atoms with Crippen molar-refractivity contribution in [1.29, 1.82) is 5.26 Å². The molecule has 0 aliphatic heterocycles. The molecule has 0 aliphatic rings. The van der Waals surface area contributed by atoms with Gasteiger partial charge >= 0.3 is 0 Å². The van der Waals surface area contributed by atoms with Gasteiger partial charge in [-0.05, 0) is 26.0 Å². The lowest BCUT2D eigenvalue weighted by atomic mass is 10.1. The Morgan fingerprint density at radius 1 is 1.50 bits per heavy atom. The van der Waals surface area contributed by atoms with Gasteiger partial charge in [0.25, 0.3) is 5.69 Å². The third-order valence-electron chi connectivity index (χ3n) is 2.96. The van der Waals surface area contributed by atoms with Crippen molar-refractivity contribution in [3.8, 4) is 6.07 Å². The minimum absolute atomic E-state index is 0.129. The number of aromatic nitrogens is 1. The van der Waals surface area contributed by atoms with Gasteiger partial charge in [-0.25, -0.2) is 0 Å². The molecular formula is C13H12N4O3. The van der Waals surface area contributed by atoms with E-state index in [1.54, 1.807) is 13.8 Å². The molecule has 1 aromatic heterocycles. The zero-order chi connectivity index (χ0) is 14.7. The summed E-state index contributed by atoms with van der Waals surface area (Å²) in [6.07, 6.45) is 0. The van der Waals surface area contributed by atoms with E-state index in [9.17, 15) is 10.1 Å². The summed E-state index contributed by atoms with van der Waals surface area (Å²) in [4.78, 5) is 10.5. The predicted octanol–water partition coefficient (Wildman–Crippen LogP) is 2.68. The average Bonchev–Trinajstić information content (AvgIpc) is 2.75. The predicted molar refractivity (Wildman–Crippen MR) is 71.1 cm³/mol. The quantitative estimate of drug-likeness (QED) is 0.677. The van der Waals surface area contributed by atoms with E-state index in [-0.39, 0.29) is 11.3 Å². The number of nitriles is 1. The molecule has 0 saturated carbocycles. The van der Waals surface area contributed by atoms with Crippen LogP contribution in [0.3, 0.4) is 0 Å². The van der Waals surface area contributed by atoms with E-state index < -0.39 is 4.92 Å². The molecule has 0 saturated heterocycles. The highest BCUT2D eigenvalue weighted by molar-refractivity contribution is 5.64. The number of aryl methyl sites for hydroxylation is 2. The molecule has 2 rings (SSSR count). The van der Waals surface area contributed by atoms with E-state index in [2.05, 4.69) is 10.5 Å². The molecule has 0 radical (unpaired) electrons. The molecule has 1 heterocycles. The number of hydrogen-bond donors (Lipinski definition) is 1. The number of benzene rings is 1. The number of hydrogen-bond acceptors (Lipinski definition) is 6. The number of nitrogens with zero attached hydrogens (tertiary/aromatic N) is 3. The summed E-state index contributed by atoms with van der Waals surface area (Å²) in [5.74, 6) is 0.672. The van der Waals surface area contributed by atoms with Crippen molar-refractivity contribution in [3.05, 3.63) is 50.9 Å². The van der Waals surface area contributed by atoms with Crippen LogP contribution in [0.4, 0.5) is 11.4 Å². The van der Waals surface area contributed by atoms with Crippen molar-refractivity contribution in [1.82, 2.24) is 5.16 Å². The molecule has 0 unspecified atom stereocenters. The van der Waals surface area contributed by atoms with Crippen molar-refractivity contribution in [2.24, 2.45) is 0 Å². The van der Waals surface area contributed by atoms with E-state index in [1.807, 2.05) is 6.07 Å². The van der Waals surface area contributed by atoms with Crippen LogP contribution in [0.1, 0.15) is 22.6 Å². The van der Waals surface area contributed by atoms with E-state index >= 15 is 0 Å². The lowest BCUT2D eigenvalue weighted by Gasteiger charge is -2.07. The normalized spacial score (nSPS) is 10.1. The van der Waals surface area contributed by atoms with Gasteiger partial charge in [0.15, 0.2) is 0 Å². The number of nitro benzene ring substituents is 1. The molecule has 0 fully saturated rings. The van der Waals surface area contributed by atoms with Gasteiger partial charge in [-0.2, -0.15) is 5.26 Å². The smallest absolute Gasteiger partial charge is 0.293 e. The first kappa shape index (κ1) is 13.5. The molecule has 1 N–H and O–H groups in total. The second-order valence-electron chi connectivity index (χ2n) is 4.26. The Morgan fingerprint density at radius 3 is 2.80 bits per heavy atom. The summed E-state index contributed by atoms with van der Waals surface area (Å²) in [6, 6.07) is 6.18. The van der Waals surface area contributed by atoms with Gasteiger partial charge in [-0.3, -0.25) is 10.1 Å². The molecule has 0 bridgehead atoms. The van der Waals surface area contributed by atoms with Crippen molar-refractivity contribution < 1.29 is 9.45 Å². The molecule has 0 spiro atoms. The van der Waals surface area contributed by atoms with Gasteiger partial charge in [-0.15, -0.1) is 0 Å². The maximum absolute atomic E-state index is 11.0. The van der Waals surface area contributed by atoms with Crippen LogP contribution >= 0.6 is 0 Å². The molecule has 0 atom stereocenters. The van der Waals surface area contributed by atoms with Gasteiger partial charge < -0.3 is 9.84 Å². The maximum Gasteiger partial charge on any atom is 0.293 e. The summed E-state index contributed by atoms with van der Waals surface area (Å²) in [7, 11) is 0. The molecule has 1 aromatic carbocycles. The fraction of sp³-hybridized carbons (Fsp3) is 0.231. The van der Waals surface area contributed by atoms with Crippen LogP contribution in [0.5, 0.6) is 0 Å². The van der Waals surface area contributed by atoms with E-state index in [0.717, 1.165) is 11.3 Å². The molecule has 0 aliphatic carbocycles. The highest BCUT2D eigenvalue weighted by atomic mass is 16.6. The zero-order valence-electron chi connectivity index (χ0n) is 11.0. The fourth-order valence-electron chi connectivity index (χ4n) is 1.84. The zero-order valence-corrected chi connectivity index (χ0v) is 11.0. The minimum atomic E-state index is -0.517. The van der Waals surface area contributed by atoms with Crippen molar-refractivity contribution in [2.75, 3.05) is 5.32 Å². The van der Waals surface area contributed by atoms with E-state index in [0.29, 0.717) is 18.0 Å². The molecule has 102 valence electrons. The fourth-order valence-corrected chi connectivity index (χ4v) is 1.84. The van der Waals surface area contributed by atoms with Crippen LogP contribution in [-0.4, -0.2) is 10.1 Å². The van der Waals surface area contributed by atoms with Crippen LogP contribution in [0, 0.1) is 35.3 Å². The molecule has 0 amide bonds. The molecule has 2 aromatic rings. The summed E-state index contributed by atoms with van der Waals surface area (Å²) in [6.45, 7) is 3.96. The van der Waals surface area contributed by atoms with Crippen LogP contribution in [0.25, 0.3) is 0 Å². The Morgan fingerprint density at radius 2 is 2.25 bits per heavy atom. The van der Waals surface area contributed by atoms with Gasteiger partial charge in [-0.1, -0.05) is 5.16 Å². The minimum Gasteiger partial charge on any atom is -0.375 e. The Labute approximate surface area is 115 Å². The second kappa shape index (κ2) is 5.40. The van der Waals surface area contributed by atoms with Crippen molar-refractivity contribution >= 4 is 11.4 Å². The van der Waals surface area contributed by atoms with Crippen LogP contribution < -0.4 is 5.32 Å². The third kappa shape index (κ3) is 2.59. The Balaban J connectivity index is 2.26.